The van der Waals surface area contributed by atoms with E-state index in [4.69, 9.17) is 17.3 Å². The number of nitrogens with two attached hydrogens (primary N) is 1. The van der Waals surface area contributed by atoms with E-state index < -0.39 is 0 Å². The molecule has 2 aromatic rings. The predicted molar refractivity (Wildman–Crippen MR) is 62.3 cm³/mol. The van der Waals surface area contributed by atoms with Crippen molar-refractivity contribution in [3.63, 3.8) is 0 Å². The maximum absolute atomic E-state index is 5.97. The second-order valence-electron chi connectivity index (χ2n) is 2.94. The minimum atomic E-state index is 0.439. The van der Waals surface area contributed by atoms with E-state index in [0.29, 0.717) is 11.6 Å². The first-order chi connectivity index (χ1) is 6.72. The summed E-state index contributed by atoms with van der Waals surface area (Å²) < 4.78 is 0.826. The number of nitrogens with zero attached hydrogens (tertiary/aromatic N) is 1. The zero-order valence-electron chi connectivity index (χ0n) is 7.30. The Hall–Kier alpha value is -0.640. The van der Waals surface area contributed by atoms with Crippen molar-refractivity contribution in [1.82, 2.24) is 4.98 Å². The van der Waals surface area contributed by atoms with Crippen LogP contribution in [0.15, 0.2) is 28.7 Å². The summed E-state index contributed by atoms with van der Waals surface area (Å²) in [6, 6.07) is 7.70. The molecule has 4 heteroatoms. The minimum absolute atomic E-state index is 0.439. The lowest BCUT2D eigenvalue weighted by Gasteiger charge is -2.03. The Bertz CT molecular complexity index is 485. The molecule has 0 aliphatic heterocycles. The third kappa shape index (κ3) is 1.63. The molecule has 14 heavy (non-hydrogen) atoms. The summed E-state index contributed by atoms with van der Waals surface area (Å²) in [6.45, 7) is 0.439. The Balaban J connectivity index is 2.78. The van der Waals surface area contributed by atoms with Crippen molar-refractivity contribution in [2.45, 2.75) is 6.54 Å². The highest BCUT2D eigenvalue weighted by Crippen LogP contribution is 2.29. The van der Waals surface area contributed by atoms with Crippen LogP contribution in [0.3, 0.4) is 0 Å². The Kier molecular flexibility index (Phi) is 2.72. The molecule has 0 aliphatic rings. The lowest BCUT2D eigenvalue weighted by atomic mass is 10.2. The normalized spacial score (nSPS) is 10.8. The zero-order valence-corrected chi connectivity index (χ0v) is 9.64. The number of hydrogen-bond acceptors (Lipinski definition) is 2. The SMILES string of the molecule is NCc1ccc2ccc(Cl)c(Br)c2n1. The molecular formula is C10H8BrClN2. The second-order valence-corrected chi connectivity index (χ2v) is 4.14. The molecule has 1 aromatic heterocycles. The van der Waals surface area contributed by atoms with Crippen LogP contribution in [-0.4, -0.2) is 4.98 Å². The van der Waals surface area contributed by atoms with Crippen LogP contribution >= 0.6 is 27.5 Å². The van der Waals surface area contributed by atoms with Crippen molar-refractivity contribution < 1.29 is 0 Å². The Morgan fingerprint density at radius 2 is 2.00 bits per heavy atom. The van der Waals surface area contributed by atoms with Gasteiger partial charge in [0.05, 0.1) is 20.7 Å². The van der Waals surface area contributed by atoms with E-state index in [2.05, 4.69) is 20.9 Å². The summed E-state index contributed by atoms with van der Waals surface area (Å²) in [5.74, 6) is 0. The van der Waals surface area contributed by atoms with Gasteiger partial charge in [0.2, 0.25) is 0 Å². The van der Waals surface area contributed by atoms with E-state index in [0.717, 1.165) is 21.1 Å². The molecule has 2 nitrogen and oxygen atoms in total. The third-order valence-corrected chi connectivity index (χ3v) is 3.37. The van der Waals surface area contributed by atoms with Gasteiger partial charge in [-0.2, -0.15) is 0 Å². The van der Waals surface area contributed by atoms with Crippen LogP contribution in [0.25, 0.3) is 10.9 Å². The topological polar surface area (TPSA) is 38.9 Å². The molecule has 2 N–H and O–H groups in total. The fourth-order valence-electron chi connectivity index (χ4n) is 1.28. The highest BCUT2D eigenvalue weighted by molar-refractivity contribution is 9.10. The molecule has 0 bridgehead atoms. The summed E-state index contributed by atoms with van der Waals surface area (Å²) in [5, 5.41) is 1.72. The monoisotopic (exact) mass is 270 g/mol. The van der Waals surface area contributed by atoms with Crippen LogP contribution < -0.4 is 5.73 Å². The van der Waals surface area contributed by atoms with Gasteiger partial charge in [-0.15, -0.1) is 0 Å². The quantitative estimate of drug-likeness (QED) is 0.865. The van der Waals surface area contributed by atoms with Crippen molar-refractivity contribution in [1.29, 1.82) is 0 Å². The Morgan fingerprint density at radius 3 is 2.71 bits per heavy atom. The minimum Gasteiger partial charge on any atom is -0.325 e. The van der Waals surface area contributed by atoms with Crippen molar-refractivity contribution in [3.8, 4) is 0 Å². The Labute approximate surface area is 95.2 Å². The average molecular weight is 272 g/mol. The standard InChI is InChI=1S/C10H8BrClN2/c11-9-8(12)4-2-6-1-3-7(5-13)14-10(6)9/h1-4H,5,13H2. The van der Waals surface area contributed by atoms with E-state index in [1.165, 1.54) is 0 Å². The summed E-state index contributed by atoms with van der Waals surface area (Å²) in [4.78, 5) is 4.40. The number of pyridine rings is 1. The smallest absolute Gasteiger partial charge is 0.0862 e. The van der Waals surface area contributed by atoms with Gasteiger partial charge in [-0.1, -0.05) is 23.7 Å². The molecule has 0 fully saturated rings. The highest BCUT2D eigenvalue weighted by atomic mass is 79.9. The van der Waals surface area contributed by atoms with Crippen LogP contribution in [0.5, 0.6) is 0 Å². The molecule has 1 aromatic carbocycles. The van der Waals surface area contributed by atoms with Crippen molar-refractivity contribution in [2.75, 3.05) is 0 Å². The average Bonchev–Trinajstić information content (AvgIpc) is 2.23. The molecule has 0 saturated carbocycles. The van der Waals surface area contributed by atoms with Crippen LogP contribution in [0.4, 0.5) is 0 Å². The van der Waals surface area contributed by atoms with E-state index in [1.54, 1.807) is 0 Å². The van der Waals surface area contributed by atoms with E-state index in [1.807, 2.05) is 24.3 Å². The lowest BCUT2D eigenvalue weighted by Crippen LogP contribution is -1.99. The van der Waals surface area contributed by atoms with Gasteiger partial charge < -0.3 is 5.73 Å². The van der Waals surface area contributed by atoms with E-state index in [9.17, 15) is 0 Å². The molecule has 0 saturated heterocycles. The van der Waals surface area contributed by atoms with Gasteiger partial charge in [-0.05, 0) is 28.1 Å². The van der Waals surface area contributed by atoms with Gasteiger partial charge in [0.15, 0.2) is 0 Å². The molecule has 0 radical (unpaired) electrons. The van der Waals surface area contributed by atoms with E-state index in [-0.39, 0.29) is 0 Å². The van der Waals surface area contributed by atoms with Crippen molar-refractivity contribution in [2.24, 2.45) is 5.73 Å². The van der Waals surface area contributed by atoms with Crippen LogP contribution in [0.1, 0.15) is 5.69 Å². The number of hydrogen-bond donors (Lipinski definition) is 1. The van der Waals surface area contributed by atoms with Gasteiger partial charge >= 0.3 is 0 Å². The third-order valence-electron chi connectivity index (χ3n) is 2.02. The van der Waals surface area contributed by atoms with Gasteiger partial charge in [-0.25, -0.2) is 0 Å². The fourth-order valence-corrected chi connectivity index (χ4v) is 1.89. The summed E-state index contributed by atoms with van der Waals surface area (Å²) in [6.07, 6.45) is 0. The lowest BCUT2D eigenvalue weighted by molar-refractivity contribution is 1.01. The molecule has 72 valence electrons. The van der Waals surface area contributed by atoms with Gasteiger partial charge in [0.1, 0.15) is 0 Å². The molecule has 1 heterocycles. The number of halogens is 2. The van der Waals surface area contributed by atoms with Gasteiger partial charge in [0, 0.05) is 11.9 Å². The largest absolute Gasteiger partial charge is 0.325 e. The number of fused-ring (bicyclic) bond motifs is 1. The highest BCUT2D eigenvalue weighted by Gasteiger charge is 2.04. The van der Waals surface area contributed by atoms with Gasteiger partial charge in [-0.3, -0.25) is 4.98 Å². The summed E-state index contributed by atoms with van der Waals surface area (Å²) in [5.41, 5.74) is 7.24. The Morgan fingerprint density at radius 1 is 1.29 bits per heavy atom. The van der Waals surface area contributed by atoms with E-state index >= 15 is 0 Å². The molecular weight excluding hydrogens is 263 g/mol. The first-order valence-electron chi connectivity index (χ1n) is 4.16. The predicted octanol–water partition coefficient (Wildman–Crippen LogP) is 3.11. The van der Waals surface area contributed by atoms with Crippen LogP contribution in [0, 0.1) is 0 Å². The van der Waals surface area contributed by atoms with Crippen molar-refractivity contribution in [3.05, 3.63) is 39.5 Å². The first kappa shape index (κ1) is 9.90. The molecule has 0 unspecified atom stereocenters. The summed E-state index contributed by atoms with van der Waals surface area (Å²) >= 11 is 9.37. The number of benzene rings is 1. The molecule has 0 atom stereocenters. The summed E-state index contributed by atoms with van der Waals surface area (Å²) in [7, 11) is 0. The molecule has 0 aliphatic carbocycles. The molecule has 0 spiro atoms. The van der Waals surface area contributed by atoms with Crippen LogP contribution in [-0.2, 0) is 6.54 Å². The maximum atomic E-state index is 5.97. The van der Waals surface area contributed by atoms with Crippen LogP contribution in [0.2, 0.25) is 5.02 Å². The fraction of sp³-hybridized carbons (Fsp3) is 0.100. The second kappa shape index (κ2) is 3.85. The first-order valence-corrected chi connectivity index (χ1v) is 5.33. The van der Waals surface area contributed by atoms with Crippen molar-refractivity contribution >= 4 is 38.4 Å². The zero-order chi connectivity index (χ0) is 10.1. The van der Waals surface area contributed by atoms with Gasteiger partial charge in [0.25, 0.3) is 0 Å². The number of aromatic nitrogens is 1. The molecule has 0 amide bonds. The maximum Gasteiger partial charge on any atom is 0.0862 e. The number of rotatable bonds is 1. The molecule has 2 rings (SSSR count).